The number of benzene rings is 1. The second kappa shape index (κ2) is 5.74. The molecule has 0 aliphatic carbocycles. The van der Waals surface area contributed by atoms with Crippen molar-refractivity contribution in [3.05, 3.63) is 51.8 Å². The van der Waals surface area contributed by atoms with Crippen LogP contribution in [0.5, 0.6) is 0 Å². The largest absolute Gasteiger partial charge is 0.306 e. The number of rotatable bonds is 4. The predicted octanol–water partition coefficient (Wildman–Crippen LogP) is 3.43. The van der Waals surface area contributed by atoms with Gasteiger partial charge in [0.1, 0.15) is 0 Å². The number of hydrogen-bond acceptors (Lipinski definition) is 2. The number of halogens is 2. The summed E-state index contributed by atoms with van der Waals surface area (Å²) in [4.78, 5) is 0. The Bertz CT molecular complexity index is 537. The maximum absolute atomic E-state index is 6.27. The Morgan fingerprint density at radius 1 is 1.39 bits per heavy atom. The Morgan fingerprint density at radius 2 is 2.17 bits per heavy atom. The molecule has 0 saturated heterocycles. The van der Waals surface area contributed by atoms with Crippen LogP contribution in [0.4, 0.5) is 0 Å². The van der Waals surface area contributed by atoms with E-state index < -0.39 is 0 Å². The first-order chi connectivity index (χ1) is 8.61. The number of nitrogens with zero attached hydrogens (tertiary/aromatic N) is 2. The van der Waals surface area contributed by atoms with Crippen LogP contribution in [0.15, 0.2) is 30.6 Å². The molecule has 1 aromatic carbocycles. The number of hydrogen-bond donors (Lipinski definition) is 1. The molecule has 18 heavy (non-hydrogen) atoms. The Hall–Kier alpha value is -1.03. The van der Waals surface area contributed by atoms with E-state index in [1.807, 2.05) is 31.6 Å². The monoisotopic (exact) mass is 283 g/mol. The third-order valence-electron chi connectivity index (χ3n) is 2.74. The molecule has 0 aliphatic rings. The molecule has 3 nitrogen and oxygen atoms in total. The van der Waals surface area contributed by atoms with Gasteiger partial charge >= 0.3 is 0 Å². The van der Waals surface area contributed by atoms with Crippen molar-refractivity contribution in [3.63, 3.8) is 0 Å². The van der Waals surface area contributed by atoms with Gasteiger partial charge in [0.25, 0.3) is 0 Å². The molecule has 0 radical (unpaired) electrons. The van der Waals surface area contributed by atoms with Crippen LogP contribution in [0, 0.1) is 0 Å². The molecular formula is C13H15Cl2N3. The van der Waals surface area contributed by atoms with E-state index in [4.69, 9.17) is 23.2 Å². The van der Waals surface area contributed by atoms with Gasteiger partial charge in [0.2, 0.25) is 0 Å². The van der Waals surface area contributed by atoms with Crippen molar-refractivity contribution in [2.24, 2.45) is 7.05 Å². The molecule has 96 valence electrons. The van der Waals surface area contributed by atoms with Crippen LogP contribution in [0.3, 0.4) is 0 Å². The predicted molar refractivity (Wildman–Crippen MR) is 75.2 cm³/mol. The van der Waals surface area contributed by atoms with E-state index in [1.165, 1.54) is 0 Å². The fourth-order valence-corrected chi connectivity index (χ4v) is 2.45. The average Bonchev–Trinajstić information content (AvgIpc) is 2.73. The van der Waals surface area contributed by atoms with E-state index >= 15 is 0 Å². The van der Waals surface area contributed by atoms with Crippen molar-refractivity contribution >= 4 is 23.2 Å². The van der Waals surface area contributed by atoms with E-state index in [-0.39, 0.29) is 6.04 Å². The molecule has 0 fully saturated rings. The van der Waals surface area contributed by atoms with Crippen LogP contribution >= 0.6 is 23.2 Å². The van der Waals surface area contributed by atoms with Gasteiger partial charge in [-0.15, -0.1) is 0 Å². The van der Waals surface area contributed by atoms with Gasteiger partial charge in [0.15, 0.2) is 0 Å². The molecule has 1 N–H and O–H groups in total. The molecule has 1 unspecified atom stereocenters. The fraction of sp³-hybridized carbons (Fsp3) is 0.308. The first-order valence-corrected chi connectivity index (χ1v) is 6.54. The highest BCUT2D eigenvalue weighted by Gasteiger charge is 2.17. The zero-order valence-electron chi connectivity index (χ0n) is 10.3. The molecule has 0 spiro atoms. The van der Waals surface area contributed by atoms with Crippen LogP contribution in [0.25, 0.3) is 0 Å². The maximum atomic E-state index is 6.27. The Morgan fingerprint density at radius 3 is 2.72 bits per heavy atom. The second-order valence-corrected chi connectivity index (χ2v) is 4.95. The summed E-state index contributed by atoms with van der Waals surface area (Å²) in [5, 5.41) is 8.92. The van der Waals surface area contributed by atoms with Gasteiger partial charge < -0.3 is 5.32 Å². The van der Waals surface area contributed by atoms with Crippen LogP contribution in [0.2, 0.25) is 10.0 Å². The standard InChI is InChI=1S/C13H15Cl2N3/c1-3-16-13(9-7-17-18(2)8-9)11-5-4-10(14)6-12(11)15/h4-8,13,16H,3H2,1-2H3. The third-order valence-corrected chi connectivity index (χ3v) is 3.30. The summed E-state index contributed by atoms with van der Waals surface area (Å²) in [6.45, 7) is 2.91. The molecule has 2 rings (SSSR count). The molecule has 1 heterocycles. The van der Waals surface area contributed by atoms with Crippen LogP contribution in [-0.4, -0.2) is 16.3 Å². The van der Waals surface area contributed by atoms with Gasteiger partial charge in [-0.3, -0.25) is 4.68 Å². The minimum absolute atomic E-state index is 0.0356. The molecule has 2 aromatic rings. The molecule has 0 amide bonds. The highest BCUT2D eigenvalue weighted by Crippen LogP contribution is 2.30. The maximum Gasteiger partial charge on any atom is 0.0622 e. The van der Waals surface area contributed by atoms with Gasteiger partial charge in [-0.1, -0.05) is 36.2 Å². The molecular weight excluding hydrogens is 269 g/mol. The van der Waals surface area contributed by atoms with Gasteiger partial charge in [-0.25, -0.2) is 0 Å². The average molecular weight is 284 g/mol. The smallest absolute Gasteiger partial charge is 0.0622 e. The van der Waals surface area contributed by atoms with Crippen molar-refractivity contribution in [2.45, 2.75) is 13.0 Å². The summed E-state index contributed by atoms with van der Waals surface area (Å²) in [7, 11) is 1.90. The lowest BCUT2D eigenvalue weighted by atomic mass is 10.0. The van der Waals surface area contributed by atoms with Gasteiger partial charge in [0, 0.05) is 28.9 Å². The van der Waals surface area contributed by atoms with Crippen LogP contribution in [-0.2, 0) is 7.05 Å². The summed E-state index contributed by atoms with van der Waals surface area (Å²) in [6.07, 6.45) is 3.83. The quantitative estimate of drug-likeness (QED) is 0.932. The minimum atomic E-state index is 0.0356. The molecule has 1 aromatic heterocycles. The number of nitrogens with one attached hydrogen (secondary N) is 1. The van der Waals surface area contributed by atoms with Crippen molar-refractivity contribution in [2.75, 3.05) is 6.54 Å². The summed E-state index contributed by atoms with van der Waals surface area (Å²) >= 11 is 12.2. The summed E-state index contributed by atoms with van der Waals surface area (Å²) in [5.41, 5.74) is 2.10. The van der Waals surface area contributed by atoms with Crippen molar-refractivity contribution in [3.8, 4) is 0 Å². The van der Waals surface area contributed by atoms with E-state index in [1.54, 1.807) is 10.7 Å². The zero-order valence-corrected chi connectivity index (χ0v) is 11.8. The van der Waals surface area contributed by atoms with E-state index in [2.05, 4.69) is 17.3 Å². The summed E-state index contributed by atoms with van der Waals surface area (Å²) in [6, 6.07) is 5.60. The zero-order chi connectivity index (χ0) is 13.1. The number of aromatic nitrogens is 2. The van der Waals surface area contributed by atoms with E-state index in [0.717, 1.165) is 17.7 Å². The summed E-state index contributed by atoms with van der Waals surface area (Å²) < 4.78 is 1.78. The van der Waals surface area contributed by atoms with Crippen molar-refractivity contribution in [1.29, 1.82) is 0 Å². The SMILES string of the molecule is CCNC(c1cnn(C)c1)c1ccc(Cl)cc1Cl. The third kappa shape index (κ3) is 2.86. The van der Waals surface area contributed by atoms with Gasteiger partial charge in [0.05, 0.1) is 12.2 Å². The van der Waals surface area contributed by atoms with Gasteiger partial charge in [-0.2, -0.15) is 5.10 Å². The van der Waals surface area contributed by atoms with Crippen molar-refractivity contribution in [1.82, 2.24) is 15.1 Å². The number of aryl methyl sites for hydroxylation is 1. The van der Waals surface area contributed by atoms with E-state index in [9.17, 15) is 0 Å². The Labute approximate surface area is 117 Å². The molecule has 0 aliphatic heterocycles. The van der Waals surface area contributed by atoms with Crippen LogP contribution in [0.1, 0.15) is 24.1 Å². The normalized spacial score (nSPS) is 12.7. The summed E-state index contributed by atoms with van der Waals surface area (Å²) in [5.74, 6) is 0. The highest BCUT2D eigenvalue weighted by molar-refractivity contribution is 6.35. The van der Waals surface area contributed by atoms with Gasteiger partial charge in [-0.05, 0) is 24.2 Å². The molecule has 1 atom stereocenters. The van der Waals surface area contributed by atoms with E-state index in [0.29, 0.717) is 10.0 Å². The Kier molecular flexibility index (Phi) is 4.27. The lowest BCUT2D eigenvalue weighted by Crippen LogP contribution is -2.22. The fourth-order valence-electron chi connectivity index (χ4n) is 1.94. The first-order valence-electron chi connectivity index (χ1n) is 5.78. The minimum Gasteiger partial charge on any atom is -0.306 e. The lowest BCUT2D eigenvalue weighted by molar-refractivity contribution is 0.630. The second-order valence-electron chi connectivity index (χ2n) is 4.10. The molecule has 0 saturated carbocycles. The van der Waals surface area contributed by atoms with Crippen molar-refractivity contribution < 1.29 is 0 Å². The molecule has 0 bridgehead atoms. The van der Waals surface area contributed by atoms with Crippen LogP contribution < -0.4 is 5.32 Å². The first kappa shape index (κ1) is 13.4. The Balaban J connectivity index is 2.41. The molecule has 5 heteroatoms. The highest BCUT2D eigenvalue weighted by atomic mass is 35.5. The lowest BCUT2D eigenvalue weighted by Gasteiger charge is -2.18. The topological polar surface area (TPSA) is 29.9 Å².